The van der Waals surface area contributed by atoms with E-state index in [1.807, 2.05) is 25.1 Å². The summed E-state index contributed by atoms with van der Waals surface area (Å²) in [6.45, 7) is 5.07. The molecule has 1 N–H and O–H groups in total. The predicted octanol–water partition coefficient (Wildman–Crippen LogP) is 2.02. The van der Waals surface area contributed by atoms with Gasteiger partial charge in [0.1, 0.15) is 5.75 Å². The Morgan fingerprint density at radius 1 is 1.03 bits per heavy atom. The molecule has 32 heavy (non-hydrogen) atoms. The lowest BCUT2D eigenvalue weighted by Gasteiger charge is -2.35. The normalized spacial score (nSPS) is 16.1. The molecule has 1 amide bonds. The first-order chi connectivity index (χ1) is 15.2. The topological polar surface area (TPSA) is 105 Å². The van der Waals surface area contributed by atoms with Gasteiger partial charge in [-0.25, -0.2) is 8.42 Å². The number of nitrogens with zero attached hydrogens (tertiary/aromatic N) is 2. The molecule has 0 aromatic heterocycles. The lowest BCUT2D eigenvalue weighted by Crippen LogP contribution is -2.50. The van der Waals surface area contributed by atoms with Crippen molar-refractivity contribution in [2.45, 2.75) is 13.8 Å². The van der Waals surface area contributed by atoms with E-state index in [9.17, 15) is 18.0 Å². The first kappa shape index (κ1) is 22.1. The van der Waals surface area contributed by atoms with Gasteiger partial charge in [0.25, 0.3) is 0 Å². The van der Waals surface area contributed by atoms with E-state index in [1.54, 1.807) is 0 Å². The third kappa shape index (κ3) is 4.71. The van der Waals surface area contributed by atoms with Crippen molar-refractivity contribution in [1.82, 2.24) is 4.31 Å². The molecule has 2 aliphatic heterocycles. The quantitative estimate of drug-likeness (QED) is 0.659. The van der Waals surface area contributed by atoms with Gasteiger partial charge in [0.2, 0.25) is 22.7 Å². The minimum absolute atomic E-state index is 0.0208. The molecule has 0 unspecified atom stereocenters. The van der Waals surface area contributed by atoms with Gasteiger partial charge >= 0.3 is 0 Å². The predicted molar refractivity (Wildman–Crippen MR) is 120 cm³/mol. The summed E-state index contributed by atoms with van der Waals surface area (Å²) >= 11 is 0. The number of fused-ring (bicyclic) bond motifs is 1. The maximum atomic E-state index is 12.8. The Labute approximate surface area is 187 Å². The third-order valence-electron chi connectivity index (χ3n) is 5.48. The number of carbonyl (C=O) groups excluding carboxylic acids is 2. The molecule has 2 aromatic carbocycles. The Kier molecular flexibility index (Phi) is 6.07. The molecule has 4 rings (SSSR count). The average Bonchev–Trinajstić information content (AvgIpc) is 3.20. The van der Waals surface area contributed by atoms with Crippen LogP contribution in [0.5, 0.6) is 11.5 Å². The molecule has 1 fully saturated rings. The maximum Gasteiger partial charge on any atom is 0.241 e. The number of hydrogen-bond donors (Lipinski definition) is 1. The Morgan fingerprint density at radius 2 is 1.72 bits per heavy atom. The number of benzene rings is 2. The van der Waals surface area contributed by atoms with Crippen molar-refractivity contribution in [3.05, 3.63) is 47.5 Å². The van der Waals surface area contributed by atoms with E-state index in [1.165, 1.54) is 23.4 Å². The van der Waals surface area contributed by atoms with E-state index >= 15 is 0 Å². The summed E-state index contributed by atoms with van der Waals surface area (Å²) in [5.41, 5.74) is 2.63. The molecular weight excluding hydrogens is 434 g/mol. The highest BCUT2D eigenvalue weighted by Gasteiger charge is 2.30. The molecule has 0 atom stereocenters. The van der Waals surface area contributed by atoms with Crippen LogP contribution >= 0.6 is 0 Å². The maximum absolute atomic E-state index is 12.8. The van der Waals surface area contributed by atoms with Crippen molar-refractivity contribution >= 4 is 33.1 Å². The van der Waals surface area contributed by atoms with Gasteiger partial charge in [-0.15, -0.1) is 0 Å². The summed E-state index contributed by atoms with van der Waals surface area (Å²) < 4.78 is 37.5. The van der Waals surface area contributed by atoms with Crippen molar-refractivity contribution < 1.29 is 27.5 Å². The monoisotopic (exact) mass is 459 g/mol. The van der Waals surface area contributed by atoms with E-state index < -0.39 is 21.7 Å². The number of piperazine rings is 1. The summed E-state index contributed by atoms with van der Waals surface area (Å²) in [4.78, 5) is 26.7. The van der Waals surface area contributed by atoms with Gasteiger partial charge < -0.3 is 19.7 Å². The van der Waals surface area contributed by atoms with Gasteiger partial charge in [0.15, 0.2) is 17.3 Å². The van der Waals surface area contributed by atoms with Crippen LogP contribution in [0.2, 0.25) is 0 Å². The van der Waals surface area contributed by atoms with Crippen molar-refractivity contribution in [3.8, 4) is 11.5 Å². The van der Waals surface area contributed by atoms with Crippen LogP contribution in [0.3, 0.4) is 0 Å². The van der Waals surface area contributed by atoms with Crippen molar-refractivity contribution in [2.75, 3.05) is 48.9 Å². The molecule has 170 valence electrons. The first-order valence-corrected chi connectivity index (χ1v) is 11.9. The largest absolute Gasteiger partial charge is 0.454 e. The number of hydrogen-bond acceptors (Lipinski definition) is 7. The lowest BCUT2D eigenvalue weighted by atomic mass is 10.1. The second kappa shape index (κ2) is 8.79. The van der Waals surface area contributed by atoms with E-state index in [0.717, 1.165) is 11.3 Å². The van der Waals surface area contributed by atoms with Crippen molar-refractivity contribution in [1.29, 1.82) is 0 Å². The lowest BCUT2D eigenvalue weighted by molar-refractivity contribution is -0.113. The number of rotatable bonds is 6. The smallest absolute Gasteiger partial charge is 0.241 e. The molecule has 10 heteroatoms. The summed E-state index contributed by atoms with van der Waals surface area (Å²) in [5.74, 6) is -0.905. The molecular formula is C22H25N3O6S. The SMILES string of the molecule is CC(=O)c1cc2c(cc1NC(=O)CS(=O)(=O)N1CCN(c3cccc(C)c3)CC1)OCO2. The molecule has 2 aromatic rings. The summed E-state index contributed by atoms with van der Waals surface area (Å²) in [5, 5.41) is 2.55. The number of amides is 1. The van der Waals surface area contributed by atoms with Gasteiger partial charge in [0, 0.05) is 43.5 Å². The van der Waals surface area contributed by atoms with Gasteiger partial charge in [-0.05, 0) is 37.6 Å². The summed E-state index contributed by atoms with van der Waals surface area (Å²) in [6.07, 6.45) is 0. The van der Waals surface area contributed by atoms with Crippen LogP contribution < -0.4 is 19.7 Å². The highest BCUT2D eigenvalue weighted by molar-refractivity contribution is 7.89. The van der Waals surface area contributed by atoms with Crippen LogP contribution in [0.25, 0.3) is 0 Å². The summed E-state index contributed by atoms with van der Waals surface area (Å²) in [6, 6.07) is 11.0. The Morgan fingerprint density at radius 3 is 2.38 bits per heavy atom. The van der Waals surface area contributed by atoms with E-state index in [4.69, 9.17) is 9.47 Å². The van der Waals surface area contributed by atoms with Crippen LogP contribution in [0.4, 0.5) is 11.4 Å². The fraction of sp³-hybridized carbons (Fsp3) is 0.364. The molecule has 0 radical (unpaired) electrons. The Bertz CT molecular complexity index is 1160. The first-order valence-electron chi connectivity index (χ1n) is 10.3. The molecule has 0 spiro atoms. The Hall–Kier alpha value is -3.11. The number of anilines is 2. The number of ketones is 1. The van der Waals surface area contributed by atoms with Crippen LogP contribution in [0, 0.1) is 6.92 Å². The number of ether oxygens (including phenoxy) is 2. The zero-order valence-corrected chi connectivity index (χ0v) is 18.8. The number of sulfonamides is 1. The number of Topliss-reactive ketones (excluding diaryl/α,β-unsaturated/α-hetero) is 1. The standard InChI is InChI=1S/C22H25N3O6S/c1-15-4-3-5-17(10-15)24-6-8-25(9-7-24)32(28,29)13-22(27)23-19-12-21-20(30-14-31-21)11-18(19)16(2)26/h3-5,10-12H,6-9,13-14H2,1-2H3,(H,23,27). The second-order valence-electron chi connectivity index (χ2n) is 7.84. The fourth-order valence-electron chi connectivity index (χ4n) is 3.83. The van der Waals surface area contributed by atoms with Crippen LogP contribution in [0.1, 0.15) is 22.8 Å². The number of nitrogens with one attached hydrogen (secondary N) is 1. The highest BCUT2D eigenvalue weighted by atomic mass is 32.2. The Balaban J connectivity index is 1.40. The summed E-state index contributed by atoms with van der Waals surface area (Å²) in [7, 11) is -3.81. The van der Waals surface area contributed by atoms with E-state index in [0.29, 0.717) is 37.7 Å². The van der Waals surface area contributed by atoms with Gasteiger partial charge in [-0.2, -0.15) is 4.31 Å². The average molecular weight is 460 g/mol. The highest BCUT2D eigenvalue weighted by Crippen LogP contribution is 2.37. The second-order valence-corrected chi connectivity index (χ2v) is 9.81. The van der Waals surface area contributed by atoms with Gasteiger partial charge in [-0.3, -0.25) is 9.59 Å². The molecule has 1 saturated heterocycles. The zero-order valence-electron chi connectivity index (χ0n) is 18.0. The molecule has 0 bridgehead atoms. The fourth-order valence-corrected chi connectivity index (χ4v) is 5.13. The minimum Gasteiger partial charge on any atom is -0.454 e. The molecule has 9 nitrogen and oxygen atoms in total. The number of carbonyl (C=O) groups is 2. The third-order valence-corrected chi connectivity index (χ3v) is 7.26. The molecule has 2 aliphatic rings. The zero-order chi connectivity index (χ0) is 22.9. The molecule has 0 saturated carbocycles. The van der Waals surface area contributed by atoms with Crippen LogP contribution in [-0.2, 0) is 14.8 Å². The molecule has 0 aliphatic carbocycles. The van der Waals surface area contributed by atoms with Gasteiger partial charge in [0.05, 0.1) is 5.69 Å². The van der Waals surface area contributed by atoms with E-state index in [-0.39, 0.29) is 23.8 Å². The van der Waals surface area contributed by atoms with Crippen LogP contribution in [-0.4, -0.2) is 63.1 Å². The van der Waals surface area contributed by atoms with Gasteiger partial charge in [-0.1, -0.05) is 12.1 Å². The molecule has 2 heterocycles. The van der Waals surface area contributed by atoms with Crippen molar-refractivity contribution in [3.63, 3.8) is 0 Å². The van der Waals surface area contributed by atoms with Crippen LogP contribution in [0.15, 0.2) is 36.4 Å². The van der Waals surface area contributed by atoms with Crippen molar-refractivity contribution in [2.24, 2.45) is 0 Å². The van der Waals surface area contributed by atoms with E-state index in [2.05, 4.69) is 16.3 Å². The number of aryl methyl sites for hydroxylation is 1. The minimum atomic E-state index is -3.81.